The number of nitrogens with one attached hydrogen (secondary N) is 1. The van der Waals surface area contributed by atoms with E-state index in [9.17, 15) is 19.1 Å². The second-order valence-electron chi connectivity index (χ2n) is 6.25. The van der Waals surface area contributed by atoms with E-state index in [-0.39, 0.29) is 18.2 Å². The number of carboxylic acid groups (broad SMARTS) is 1. The number of carbonyl (C=O) groups excluding carboxylic acids is 1. The van der Waals surface area contributed by atoms with Gasteiger partial charge < -0.3 is 15.2 Å². The van der Waals surface area contributed by atoms with Crippen LogP contribution in [0.25, 0.3) is 0 Å². The van der Waals surface area contributed by atoms with Gasteiger partial charge in [-0.05, 0) is 36.6 Å². The van der Waals surface area contributed by atoms with Crippen LogP contribution in [0.15, 0.2) is 24.3 Å². The maximum atomic E-state index is 12.8. The molecule has 0 saturated heterocycles. The fourth-order valence-corrected chi connectivity index (χ4v) is 2.96. The summed E-state index contributed by atoms with van der Waals surface area (Å²) in [6.45, 7) is -0.115. The molecule has 5 nitrogen and oxygen atoms in total. The summed E-state index contributed by atoms with van der Waals surface area (Å²) in [5.41, 5.74) is 0. The Bertz CT molecular complexity index is 540. The molecule has 2 N–H and O–H groups in total. The maximum Gasteiger partial charge on any atom is 0.346 e. The van der Waals surface area contributed by atoms with Crippen LogP contribution in [0.3, 0.4) is 0 Å². The lowest BCUT2D eigenvalue weighted by atomic mass is 9.86. The van der Waals surface area contributed by atoms with Gasteiger partial charge in [0.05, 0.1) is 6.54 Å². The van der Waals surface area contributed by atoms with E-state index in [0.717, 1.165) is 6.42 Å². The van der Waals surface area contributed by atoms with Crippen LogP contribution in [0.2, 0.25) is 0 Å². The molecule has 0 bridgehead atoms. The molecule has 24 heavy (non-hydrogen) atoms. The quantitative estimate of drug-likeness (QED) is 0.764. The number of halogens is 1. The molecule has 0 heterocycles. The van der Waals surface area contributed by atoms with E-state index in [1.165, 1.54) is 56.4 Å². The van der Waals surface area contributed by atoms with Crippen LogP contribution >= 0.6 is 0 Å². The fourth-order valence-electron chi connectivity index (χ4n) is 2.96. The van der Waals surface area contributed by atoms with Crippen molar-refractivity contribution >= 4 is 11.9 Å². The second-order valence-corrected chi connectivity index (χ2v) is 6.25. The molecule has 6 heteroatoms. The monoisotopic (exact) mass is 337 g/mol. The zero-order valence-corrected chi connectivity index (χ0v) is 13.7. The number of hydrogen-bond acceptors (Lipinski definition) is 3. The molecule has 0 spiro atoms. The number of carboxylic acids is 1. The number of hydrogen-bond donors (Lipinski definition) is 2. The molecule has 1 atom stereocenters. The summed E-state index contributed by atoms with van der Waals surface area (Å²) >= 11 is 0. The number of benzene rings is 1. The minimum Gasteiger partial charge on any atom is -0.478 e. The third-order valence-corrected chi connectivity index (χ3v) is 4.36. The number of carbonyl (C=O) groups is 2. The van der Waals surface area contributed by atoms with Gasteiger partial charge >= 0.3 is 5.97 Å². The highest BCUT2D eigenvalue weighted by molar-refractivity contribution is 5.78. The van der Waals surface area contributed by atoms with Crippen LogP contribution in [0.5, 0.6) is 5.75 Å². The van der Waals surface area contributed by atoms with Crippen LogP contribution in [-0.2, 0) is 9.59 Å². The molecule has 2 rings (SSSR count). The molecular weight excluding hydrogens is 313 g/mol. The minimum atomic E-state index is -1.20. The zero-order valence-electron chi connectivity index (χ0n) is 13.7. The summed E-state index contributed by atoms with van der Waals surface area (Å²) in [7, 11) is 0. The predicted octanol–water partition coefficient (Wildman–Crippen LogP) is 3.13. The molecule has 1 aromatic carbocycles. The molecule has 0 radical (unpaired) electrons. The molecule has 1 aliphatic carbocycles. The van der Waals surface area contributed by atoms with Crippen molar-refractivity contribution in [3.63, 3.8) is 0 Å². The lowest BCUT2D eigenvalue weighted by Gasteiger charge is -2.21. The van der Waals surface area contributed by atoms with E-state index in [2.05, 4.69) is 5.32 Å². The number of rotatable bonds is 8. The lowest BCUT2D eigenvalue weighted by Crippen LogP contribution is -2.40. The van der Waals surface area contributed by atoms with Gasteiger partial charge in [-0.15, -0.1) is 0 Å². The van der Waals surface area contributed by atoms with Crippen LogP contribution in [0.4, 0.5) is 4.39 Å². The normalized spacial score (nSPS) is 16.4. The lowest BCUT2D eigenvalue weighted by molar-refractivity contribution is -0.145. The van der Waals surface area contributed by atoms with Crippen molar-refractivity contribution in [1.29, 1.82) is 0 Å². The van der Waals surface area contributed by atoms with E-state index in [0.29, 0.717) is 12.3 Å². The number of ether oxygens (including phenoxy) is 1. The van der Waals surface area contributed by atoms with Crippen LogP contribution < -0.4 is 10.1 Å². The van der Waals surface area contributed by atoms with Crippen LogP contribution in [-0.4, -0.2) is 29.6 Å². The first kappa shape index (κ1) is 18.2. The molecule has 1 saturated carbocycles. The Morgan fingerprint density at radius 3 is 2.50 bits per heavy atom. The third-order valence-electron chi connectivity index (χ3n) is 4.36. The molecule has 1 aromatic rings. The van der Waals surface area contributed by atoms with Gasteiger partial charge in [-0.2, -0.15) is 0 Å². The smallest absolute Gasteiger partial charge is 0.346 e. The Hall–Kier alpha value is -2.11. The summed E-state index contributed by atoms with van der Waals surface area (Å²) in [4.78, 5) is 23.1. The van der Waals surface area contributed by atoms with E-state index in [1.807, 2.05) is 0 Å². The van der Waals surface area contributed by atoms with Crippen LogP contribution in [0, 0.1) is 11.7 Å². The van der Waals surface area contributed by atoms with Crippen molar-refractivity contribution in [3.8, 4) is 5.75 Å². The van der Waals surface area contributed by atoms with Gasteiger partial charge in [0.15, 0.2) is 0 Å². The molecule has 1 aliphatic rings. The van der Waals surface area contributed by atoms with E-state index >= 15 is 0 Å². The van der Waals surface area contributed by atoms with Crippen molar-refractivity contribution in [1.82, 2.24) is 5.32 Å². The zero-order chi connectivity index (χ0) is 17.4. The molecule has 1 amide bonds. The Morgan fingerprint density at radius 1 is 1.21 bits per heavy atom. The molecule has 1 unspecified atom stereocenters. The van der Waals surface area contributed by atoms with Gasteiger partial charge in [0, 0.05) is 6.42 Å². The molecule has 0 aliphatic heterocycles. The van der Waals surface area contributed by atoms with Crippen LogP contribution in [0.1, 0.15) is 44.9 Å². The Labute approximate surface area is 141 Å². The Kier molecular flexibility index (Phi) is 7.03. The van der Waals surface area contributed by atoms with Crippen molar-refractivity contribution in [2.75, 3.05) is 6.54 Å². The van der Waals surface area contributed by atoms with Gasteiger partial charge in [0.25, 0.3) is 0 Å². The van der Waals surface area contributed by atoms with Crippen molar-refractivity contribution in [2.45, 2.75) is 51.0 Å². The van der Waals surface area contributed by atoms with Gasteiger partial charge in [0.2, 0.25) is 12.0 Å². The highest BCUT2D eigenvalue weighted by Crippen LogP contribution is 2.27. The average molecular weight is 337 g/mol. The van der Waals surface area contributed by atoms with Gasteiger partial charge in [-0.1, -0.05) is 32.1 Å². The summed E-state index contributed by atoms with van der Waals surface area (Å²) < 4.78 is 18.1. The van der Waals surface area contributed by atoms with Crippen molar-refractivity contribution < 1.29 is 23.8 Å². The topological polar surface area (TPSA) is 75.6 Å². The Morgan fingerprint density at radius 2 is 1.88 bits per heavy atom. The average Bonchev–Trinajstić information content (AvgIpc) is 2.59. The highest BCUT2D eigenvalue weighted by Gasteiger charge is 2.21. The van der Waals surface area contributed by atoms with Gasteiger partial charge in [-0.25, -0.2) is 9.18 Å². The largest absolute Gasteiger partial charge is 0.478 e. The van der Waals surface area contributed by atoms with Crippen molar-refractivity contribution in [3.05, 3.63) is 30.1 Å². The standard InChI is InChI=1S/C18H24FNO4/c19-14-7-9-15(10-8-14)24-16(18(22)23)12-20-17(21)11-6-13-4-2-1-3-5-13/h7-10,13,16H,1-6,11-12H2,(H,20,21)(H,22,23). The molecular formula is C18H24FNO4. The first-order valence-electron chi connectivity index (χ1n) is 8.46. The number of amides is 1. The van der Waals surface area contributed by atoms with E-state index < -0.39 is 17.9 Å². The number of aliphatic carboxylic acids is 1. The predicted molar refractivity (Wildman–Crippen MR) is 87.3 cm³/mol. The highest BCUT2D eigenvalue weighted by atomic mass is 19.1. The SMILES string of the molecule is O=C(CCC1CCCCC1)NCC(Oc1ccc(F)cc1)C(=O)O. The maximum absolute atomic E-state index is 12.8. The Balaban J connectivity index is 1.74. The summed E-state index contributed by atoms with van der Waals surface area (Å²) in [5.74, 6) is -0.901. The second kappa shape index (κ2) is 9.25. The summed E-state index contributed by atoms with van der Waals surface area (Å²) in [6, 6.07) is 5.10. The molecule has 132 valence electrons. The van der Waals surface area contributed by atoms with E-state index in [4.69, 9.17) is 4.74 Å². The first-order chi connectivity index (χ1) is 11.5. The third kappa shape index (κ3) is 6.18. The first-order valence-corrected chi connectivity index (χ1v) is 8.46. The van der Waals surface area contributed by atoms with Crippen molar-refractivity contribution in [2.24, 2.45) is 5.92 Å². The fraction of sp³-hybridized carbons (Fsp3) is 0.556. The summed E-state index contributed by atoms with van der Waals surface area (Å²) in [6.07, 6.45) is 6.17. The van der Waals surface area contributed by atoms with Gasteiger partial charge in [0.1, 0.15) is 11.6 Å². The van der Waals surface area contributed by atoms with E-state index in [1.54, 1.807) is 0 Å². The summed E-state index contributed by atoms with van der Waals surface area (Å²) in [5, 5.41) is 11.8. The minimum absolute atomic E-state index is 0.115. The molecule has 0 aromatic heterocycles. The molecule has 1 fully saturated rings. The van der Waals surface area contributed by atoms with Gasteiger partial charge in [-0.3, -0.25) is 4.79 Å².